The molecule has 18 heavy (non-hydrogen) atoms. The summed E-state index contributed by atoms with van der Waals surface area (Å²) in [6.07, 6.45) is 5.20. The number of nitrogens with zero attached hydrogens (tertiary/aromatic N) is 2. The van der Waals surface area contributed by atoms with E-state index >= 15 is 0 Å². The molecule has 0 saturated carbocycles. The molecule has 1 fully saturated rings. The summed E-state index contributed by atoms with van der Waals surface area (Å²) < 4.78 is 0. The fraction of sp³-hybridized carbons (Fsp3) is 1.00. The molecule has 1 rings (SSSR count). The van der Waals surface area contributed by atoms with E-state index in [2.05, 4.69) is 30.6 Å². The van der Waals surface area contributed by atoms with Gasteiger partial charge in [0.15, 0.2) is 0 Å². The Labute approximate surface area is 114 Å². The molecule has 0 aromatic rings. The van der Waals surface area contributed by atoms with Crippen LogP contribution < -0.4 is 5.73 Å². The van der Waals surface area contributed by atoms with Gasteiger partial charge in [-0.05, 0) is 51.7 Å². The molecule has 1 heterocycles. The maximum absolute atomic E-state index is 5.65. The van der Waals surface area contributed by atoms with E-state index in [1.807, 2.05) is 0 Å². The fourth-order valence-electron chi connectivity index (χ4n) is 3.14. The molecule has 3 heteroatoms. The zero-order valence-corrected chi connectivity index (χ0v) is 12.7. The van der Waals surface area contributed by atoms with Gasteiger partial charge in [0, 0.05) is 25.7 Å². The van der Waals surface area contributed by atoms with E-state index in [9.17, 15) is 0 Å². The van der Waals surface area contributed by atoms with Crippen molar-refractivity contribution in [1.82, 2.24) is 9.80 Å². The Kier molecular flexibility index (Phi) is 7.87. The lowest BCUT2D eigenvalue weighted by atomic mass is 9.96. The zero-order valence-electron chi connectivity index (χ0n) is 12.7. The molecule has 0 aliphatic carbocycles. The number of likely N-dealkylation sites (N-methyl/N-ethyl adjacent to an activating group) is 1. The van der Waals surface area contributed by atoms with Gasteiger partial charge in [0.05, 0.1) is 0 Å². The Morgan fingerprint density at radius 3 is 2.56 bits per heavy atom. The fourth-order valence-corrected chi connectivity index (χ4v) is 3.14. The summed E-state index contributed by atoms with van der Waals surface area (Å²) in [6.45, 7) is 14.0. The predicted molar refractivity (Wildman–Crippen MR) is 79.8 cm³/mol. The average Bonchev–Trinajstić information content (AvgIpc) is 2.38. The minimum absolute atomic E-state index is 0.731. The third kappa shape index (κ3) is 5.25. The van der Waals surface area contributed by atoms with Crippen molar-refractivity contribution < 1.29 is 0 Å². The first-order valence-corrected chi connectivity index (χ1v) is 7.87. The van der Waals surface area contributed by atoms with Gasteiger partial charge in [0.1, 0.15) is 0 Å². The highest BCUT2D eigenvalue weighted by Crippen LogP contribution is 2.16. The standard InChI is InChI=1S/C15H33N3/c1-4-15(8-9-16)7-6-10-17-11-12-18(5-2)14(3)13-17/h14-15H,4-13,16H2,1-3H3. The summed E-state index contributed by atoms with van der Waals surface area (Å²) in [5.41, 5.74) is 5.65. The van der Waals surface area contributed by atoms with Crippen molar-refractivity contribution in [3.05, 3.63) is 0 Å². The lowest BCUT2D eigenvalue weighted by Gasteiger charge is -2.39. The van der Waals surface area contributed by atoms with E-state index in [1.54, 1.807) is 0 Å². The summed E-state index contributed by atoms with van der Waals surface area (Å²) >= 11 is 0. The van der Waals surface area contributed by atoms with Gasteiger partial charge in [-0.2, -0.15) is 0 Å². The normalized spacial score (nSPS) is 24.3. The molecule has 0 aromatic carbocycles. The van der Waals surface area contributed by atoms with Crippen molar-refractivity contribution in [1.29, 1.82) is 0 Å². The van der Waals surface area contributed by atoms with Gasteiger partial charge in [-0.25, -0.2) is 0 Å². The van der Waals surface area contributed by atoms with Crippen molar-refractivity contribution >= 4 is 0 Å². The van der Waals surface area contributed by atoms with Crippen LogP contribution in [0, 0.1) is 5.92 Å². The Bertz CT molecular complexity index is 208. The number of hydrogen-bond donors (Lipinski definition) is 1. The van der Waals surface area contributed by atoms with Crippen LogP contribution in [0.4, 0.5) is 0 Å². The second kappa shape index (κ2) is 8.89. The number of hydrogen-bond acceptors (Lipinski definition) is 3. The van der Waals surface area contributed by atoms with Crippen molar-refractivity contribution in [3.63, 3.8) is 0 Å². The molecule has 0 radical (unpaired) electrons. The summed E-state index contributed by atoms with van der Waals surface area (Å²) in [4.78, 5) is 5.23. The SMILES string of the molecule is CCC(CCN)CCCN1CCN(CC)C(C)C1. The number of nitrogens with two attached hydrogens (primary N) is 1. The molecule has 2 N–H and O–H groups in total. The lowest BCUT2D eigenvalue weighted by Crippen LogP contribution is -2.51. The van der Waals surface area contributed by atoms with E-state index in [0.717, 1.165) is 18.5 Å². The van der Waals surface area contributed by atoms with Crippen LogP contribution in [-0.4, -0.2) is 55.1 Å². The summed E-state index contributed by atoms with van der Waals surface area (Å²) in [7, 11) is 0. The van der Waals surface area contributed by atoms with Crippen molar-refractivity contribution in [3.8, 4) is 0 Å². The smallest absolute Gasteiger partial charge is 0.0195 e. The second-order valence-electron chi connectivity index (χ2n) is 5.77. The largest absolute Gasteiger partial charge is 0.330 e. The molecule has 108 valence electrons. The minimum atomic E-state index is 0.731. The van der Waals surface area contributed by atoms with Crippen LogP contribution in [0.2, 0.25) is 0 Å². The monoisotopic (exact) mass is 255 g/mol. The van der Waals surface area contributed by atoms with Crippen molar-refractivity contribution in [2.45, 2.75) is 52.5 Å². The van der Waals surface area contributed by atoms with E-state index in [4.69, 9.17) is 5.73 Å². The highest BCUT2D eigenvalue weighted by atomic mass is 15.3. The molecule has 0 aromatic heterocycles. The summed E-state index contributed by atoms with van der Waals surface area (Å²) in [5.74, 6) is 0.851. The van der Waals surface area contributed by atoms with Crippen LogP contribution in [0.15, 0.2) is 0 Å². The van der Waals surface area contributed by atoms with Crippen LogP contribution in [-0.2, 0) is 0 Å². The van der Waals surface area contributed by atoms with Crippen molar-refractivity contribution in [2.75, 3.05) is 39.3 Å². The van der Waals surface area contributed by atoms with Gasteiger partial charge < -0.3 is 10.6 Å². The highest BCUT2D eigenvalue weighted by molar-refractivity contribution is 4.78. The van der Waals surface area contributed by atoms with Crippen molar-refractivity contribution in [2.24, 2.45) is 11.7 Å². The first-order chi connectivity index (χ1) is 8.71. The molecule has 3 nitrogen and oxygen atoms in total. The highest BCUT2D eigenvalue weighted by Gasteiger charge is 2.21. The van der Waals surface area contributed by atoms with Gasteiger partial charge in [0.2, 0.25) is 0 Å². The minimum Gasteiger partial charge on any atom is -0.330 e. The van der Waals surface area contributed by atoms with E-state index in [1.165, 1.54) is 58.4 Å². The van der Waals surface area contributed by atoms with Gasteiger partial charge >= 0.3 is 0 Å². The second-order valence-corrected chi connectivity index (χ2v) is 5.77. The Morgan fingerprint density at radius 2 is 2.00 bits per heavy atom. The van der Waals surface area contributed by atoms with Gasteiger partial charge in [-0.15, -0.1) is 0 Å². The first kappa shape index (κ1) is 15.9. The Balaban J connectivity index is 2.16. The molecule has 0 spiro atoms. The van der Waals surface area contributed by atoms with Gasteiger partial charge in [-0.3, -0.25) is 4.90 Å². The molecule has 0 amide bonds. The molecule has 1 aliphatic rings. The Hall–Kier alpha value is -0.120. The van der Waals surface area contributed by atoms with Crippen LogP contribution in [0.1, 0.15) is 46.5 Å². The van der Waals surface area contributed by atoms with Gasteiger partial charge in [-0.1, -0.05) is 20.3 Å². The van der Waals surface area contributed by atoms with E-state index in [-0.39, 0.29) is 0 Å². The topological polar surface area (TPSA) is 32.5 Å². The predicted octanol–water partition coefficient (Wildman–Crippen LogP) is 2.17. The molecule has 2 atom stereocenters. The summed E-state index contributed by atoms with van der Waals surface area (Å²) in [6, 6.07) is 0.731. The number of piperazine rings is 1. The van der Waals surface area contributed by atoms with Crippen LogP contribution >= 0.6 is 0 Å². The molecular weight excluding hydrogens is 222 g/mol. The van der Waals surface area contributed by atoms with Crippen LogP contribution in [0.25, 0.3) is 0 Å². The number of rotatable bonds is 8. The molecule has 1 saturated heterocycles. The molecular formula is C15H33N3. The average molecular weight is 255 g/mol. The molecule has 2 unspecified atom stereocenters. The van der Waals surface area contributed by atoms with Gasteiger partial charge in [0.25, 0.3) is 0 Å². The lowest BCUT2D eigenvalue weighted by molar-refractivity contribution is 0.0859. The third-order valence-corrected chi connectivity index (χ3v) is 4.49. The van der Waals surface area contributed by atoms with E-state index < -0.39 is 0 Å². The molecule has 0 bridgehead atoms. The van der Waals surface area contributed by atoms with Crippen LogP contribution in [0.5, 0.6) is 0 Å². The van der Waals surface area contributed by atoms with Crippen LogP contribution in [0.3, 0.4) is 0 Å². The van der Waals surface area contributed by atoms with E-state index in [0.29, 0.717) is 0 Å². The Morgan fingerprint density at radius 1 is 1.22 bits per heavy atom. The molecule has 1 aliphatic heterocycles. The quantitative estimate of drug-likeness (QED) is 0.721. The first-order valence-electron chi connectivity index (χ1n) is 7.87. The third-order valence-electron chi connectivity index (χ3n) is 4.49. The zero-order chi connectivity index (χ0) is 13.4. The maximum atomic E-state index is 5.65. The maximum Gasteiger partial charge on any atom is 0.0195 e. The summed E-state index contributed by atoms with van der Waals surface area (Å²) in [5, 5.41) is 0.